The minimum Gasteiger partial charge on any atom is -0.394 e. The molecule has 116 valence electrons. The van der Waals surface area contributed by atoms with Gasteiger partial charge < -0.3 is 22.5 Å². The normalized spacial score (nSPS) is 10.7. The number of rotatable bonds is 4. The summed E-state index contributed by atoms with van der Waals surface area (Å²) in [5.74, 6) is 0.562. The standard InChI is InChI=1S/C18H19N5/c19-15-11-14(16(20)18(21)23-15)22-17(12-7-3-1-4-8-12)13-9-5-2-6-10-13/h1-11,17H,20H2,(H5,19,21,22,23). The van der Waals surface area contributed by atoms with E-state index >= 15 is 0 Å². The molecule has 0 spiro atoms. The topological polar surface area (TPSA) is 103 Å². The van der Waals surface area contributed by atoms with Crippen LogP contribution < -0.4 is 22.5 Å². The molecular formula is C18H19N5. The fourth-order valence-corrected chi connectivity index (χ4v) is 2.52. The number of nitrogen functional groups attached to an aromatic ring is 3. The highest BCUT2D eigenvalue weighted by molar-refractivity contribution is 5.79. The summed E-state index contributed by atoms with van der Waals surface area (Å²) in [7, 11) is 0. The van der Waals surface area contributed by atoms with Crippen LogP contribution in [0.2, 0.25) is 0 Å². The molecule has 0 amide bonds. The Morgan fingerprint density at radius 3 is 1.83 bits per heavy atom. The van der Waals surface area contributed by atoms with Gasteiger partial charge in [0.15, 0.2) is 5.82 Å². The Kier molecular flexibility index (Phi) is 4.01. The van der Waals surface area contributed by atoms with Crippen molar-refractivity contribution < 1.29 is 0 Å². The average molecular weight is 305 g/mol. The van der Waals surface area contributed by atoms with Gasteiger partial charge in [0.1, 0.15) is 5.82 Å². The van der Waals surface area contributed by atoms with Gasteiger partial charge >= 0.3 is 0 Å². The van der Waals surface area contributed by atoms with Crippen LogP contribution in [0.1, 0.15) is 17.2 Å². The Hall–Kier alpha value is -3.21. The van der Waals surface area contributed by atoms with Crippen LogP contribution >= 0.6 is 0 Å². The highest BCUT2D eigenvalue weighted by Gasteiger charge is 2.16. The van der Waals surface area contributed by atoms with Gasteiger partial charge in [0.05, 0.1) is 17.4 Å². The first-order valence-corrected chi connectivity index (χ1v) is 7.33. The lowest BCUT2D eigenvalue weighted by atomic mass is 9.98. The predicted octanol–water partition coefficient (Wildman–Crippen LogP) is 3.03. The van der Waals surface area contributed by atoms with Gasteiger partial charge in [-0.15, -0.1) is 0 Å². The van der Waals surface area contributed by atoms with Crippen molar-refractivity contribution in [3.8, 4) is 0 Å². The second-order valence-electron chi connectivity index (χ2n) is 5.29. The molecule has 3 aromatic rings. The summed E-state index contributed by atoms with van der Waals surface area (Å²) in [4.78, 5) is 3.98. The van der Waals surface area contributed by atoms with E-state index in [1.807, 2.05) is 36.4 Å². The lowest BCUT2D eigenvalue weighted by molar-refractivity contribution is 0.939. The summed E-state index contributed by atoms with van der Waals surface area (Å²) in [6.45, 7) is 0. The smallest absolute Gasteiger partial charge is 0.151 e. The molecule has 0 fully saturated rings. The minimum absolute atomic E-state index is 0.0686. The summed E-state index contributed by atoms with van der Waals surface area (Å²) in [6.07, 6.45) is 0. The summed E-state index contributed by atoms with van der Waals surface area (Å²) in [5, 5.41) is 3.44. The van der Waals surface area contributed by atoms with E-state index in [1.165, 1.54) is 0 Å². The third-order valence-electron chi connectivity index (χ3n) is 3.67. The van der Waals surface area contributed by atoms with Crippen LogP contribution in [0.25, 0.3) is 0 Å². The molecule has 0 aliphatic heterocycles. The molecule has 1 aromatic heterocycles. The van der Waals surface area contributed by atoms with Gasteiger partial charge in [-0.3, -0.25) is 0 Å². The molecule has 0 atom stereocenters. The van der Waals surface area contributed by atoms with Crippen molar-refractivity contribution in [2.75, 3.05) is 22.5 Å². The molecule has 0 bridgehead atoms. The summed E-state index contributed by atoms with van der Waals surface area (Å²) in [6, 6.07) is 21.9. The third-order valence-corrected chi connectivity index (χ3v) is 3.67. The molecule has 0 radical (unpaired) electrons. The Labute approximate surface area is 135 Å². The Bertz CT molecular complexity index is 748. The molecule has 0 unspecified atom stereocenters. The fourth-order valence-electron chi connectivity index (χ4n) is 2.52. The minimum atomic E-state index is -0.0686. The molecule has 3 rings (SSSR count). The number of anilines is 4. The van der Waals surface area contributed by atoms with Crippen LogP contribution in [0.3, 0.4) is 0 Å². The van der Waals surface area contributed by atoms with E-state index in [0.29, 0.717) is 17.2 Å². The molecule has 0 aliphatic carbocycles. The molecule has 7 N–H and O–H groups in total. The molecule has 2 aromatic carbocycles. The van der Waals surface area contributed by atoms with E-state index in [1.54, 1.807) is 6.07 Å². The maximum Gasteiger partial charge on any atom is 0.151 e. The van der Waals surface area contributed by atoms with Crippen LogP contribution in [0.4, 0.5) is 23.0 Å². The first-order chi connectivity index (χ1) is 11.1. The quantitative estimate of drug-likeness (QED) is 0.593. The van der Waals surface area contributed by atoms with Gasteiger partial charge in [-0.1, -0.05) is 60.7 Å². The van der Waals surface area contributed by atoms with E-state index in [2.05, 4.69) is 34.6 Å². The van der Waals surface area contributed by atoms with Crippen molar-refractivity contribution in [1.82, 2.24) is 4.98 Å². The number of pyridine rings is 1. The van der Waals surface area contributed by atoms with Crippen molar-refractivity contribution in [2.45, 2.75) is 6.04 Å². The first-order valence-electron chi connectivity index (χ1n) is 7.33. The SMILES string of the molecule is Nc1cc(NC(c2ccccc2)c2ccccc2)c(N)c(N)n1. The predicted molar refractivity (Wildman–Crippen MR) is 95.8 cm³/mol. The van der Waals surface area contributed by atoms with Crippen molar-refractivity contribution in [3.05, 3.63) is 77.9 Å². The first kappa shape index (κ1) is 14.7. The zero-order valence-corrected chi connectivity index (χ0v) is 12.6. The molecule has 0 saturated carbocycles. The molecular weight excluding hydrogens is 286 g/mol. The average Bonchev–Trinajstić information content (AvgIpc) is 2.58. The highest BCUT2D eigenvalue weighted by Crippen LogP contribution is 2.32. The van der Waals surface area contributed by atoms with Crippen molar-refractivity contribution in [1.29, 1.82) is 0 Å². The lowest BCUT2D eigenvalue weighted by Gasteiger charge is -2.22. The van der Waals surface area contributed by atoms with Gasteiger partial charge in [-0.2, -0.15) is 0 Å². The zero-order valence-electron chi connectivity index (χ0n) is 12.6. The number of aromatic nitrogens is 1. The van der Waals surface area contributed by atoms with E-state index in [9.17, 15) is 0 Å². The monoisotopic (exact) mass is 305 g/mol. The van der Waals surface area contributed by atoms with Crippen molar-refractivity contribution in [2.24, 2.45) is 0 Å². The van der Waals surface area contributed by atoms with E-state index in [-0.39, 0.29) is 11.9 Å². The largest absolute Gasteiger partial charge is 0.394 e. The van der Waals surface area contributed by atoms with E-state index in [0.717, 1.165) is 11.1 Å². The van der Waals surface area contributed by atoms with Crippen LogP contribution in [0, 0.1) is 0 Å². The van der Waals surface area contributed by atoms with E-state index < -0.39 is 0 Å². The molecule has 5 heteroatoms. The van der Waals surface area contributed by atoms with Gasteiger partial charge in [-0.25, -0.2) is 4.98 Å². The number of nitrogens with one attached hydrogen (secondary N) is 1. The summed E-state index contributed by atoms with van der Waals surface area (Å²) >= 11 is 0. The molecule has 23 heavy (non-hydrogen) atoms. The number of hydrogen-bond donors (Lipinski definition) is 4. The lowest BCUT2D eigenvalue weighted by Crippen LogP contribution is -2.15. The van der Waals surface area contributed by atoms with Crippen LogP contribution in [-0.2, 0) is 0 Å². The van der Waals surface area contributed by atoms with Crippen LogP contribution in [0.5, 0.6) is 0 Å². The van der Waals surface area contributed by atoms with E-state index in [4.69, 9.17) is 17.2 Å². The summed E-state index contributed by atoms with van der Waals surface area (Å²) < 4.78 is 0. The third kappa shape index (κ3) is 3.18. The molecule has 1 heterocycles. The highest BCUT2D eigenvalue weighted by atomic mass is 15.0. The van der Waals surface area contributed by atoms with Crippen LogP contribution in [0.15, 0.2) is 66.7 Å². The summed E-state index contributed by atoms with van der Waals surface area (Å²) in [5.41, 5.74) is 21.0. The van der Waals surface area contributed by atoms with Gasteiger partial charge in [0.2, 0.25) is 0 Å². The second kappa shape index (κ2) is 6.27. The van der Waals surface area contributed by atoms with Gasteiger partial charge in [0, 0.05) is 6.07 Å². The fraction of sp³-hybridized carbons (Fsp3) is 0.0556. The molecule has 0 saturated heterocycles. The van der Waals surface area contributed by atoms with Gasteiger partial charge in [0.25, 0.3) is 0 Å². The Morgan fingerprint density at radius 2 is 1.30 bits per heavy atom. The number of hydrogen-bond acceptors (Lipinski definition) is 5. The Balaban J connectivity index is 2.04. The van der Waals surface area contributed by atoms with Crippen LogP contribution in [-0.4, -0.2) is 4.98 Å². The van der Waals surface area contributed by atoms with Crippen molar-refractivity contribution in [3.63, 3.8) is 0 Å². The molecule has 0 aliphatic rings. The zero-order chi connectivity index (χ0) is 16.2. The molecule has 5 nitrogen and oxygen atoms in total. The van der Waals surface area contributed by atoms with Gasteiger partial charge in [-0.05, 0) is 11.1 Å². The maximum absolute atomic E-state index is 6.05. The van der Waals surface area contributed by atoms with Crippen molar-refractivity contribution >= 4 is 23.0 Å². The number of benzene rings is 2. The number of nitrogens with two attached hydrogens (primary N) is 3. The number of nitrogens with zero attached hydrogens (tertiary/aromatic N) is 1. The Morgan fingerprint density at radius 1 is 0.783 bits per heavy atom. The maximum atomic E-state index is 6.05. The second-order valence-corrected chi connectivity index (χ2v) is 5.29.